The number of hydrogen-bond donors (Lipinski definition) is 0. The van der Waals surface area contributed by atoms with Crippen LogP contribution in [0.2, 0.25) is 0 Å². The molecular formula is C19H19N3O4. The van der Waals surface area contributed by atoms with Crippen LogP contribution in [0.3, 0.4) is 0 Å². The van der Waals surface area contributed by atoms with E-state index in [4.69, 9.17) is 4.74 Å². The number of benzene rings is 1. The first kappa shape index (κ1) is 17.6. The molecule has 0 bridgehead atoms. The van der Waals surface area contributed by atoms with E-state index in [1.807, 2.05) is 13.8 Å². The number of carbonyl (C=O) groups is 2. The molecule has 3 rings (SSSR count). The van der Waals surface area contributed by atoms with Crippen LogP contribution in [0.15, 0.2) is 42.7 Å². The summed E-state index contributed by atoms with van der Waals surface area (Å²) in [6, 6.07) is 8.60. The van der Waals surface area contributed by atoms with Gasteiger partial charge < -0.3 is 9.47 Å². The normalized spacial score (nSPS) is 10.9. The minimum Gasteiger partial charge on any atom is -0.469 e. The third-order valence-electron chi connectivity index (χ3n) is 3.87. The molecule has 0 aliphatic rings. The van der Waals surface area contributed by atoms with Crippen molar-refractivity contribution in [3.8, 4) is 5.75 Å². The van der Waals surface area contributed by atoms with Crippen molar-refractivity contribution in [2.24, 2.45) is 0 Å². The maximum absolute atomic E-state index is 12.3. The van der Waals surface area contributed by atoms with Crippen LogP contribution in [0.25, 0.3) is 11.0 Å². The first-order chi connectivity index (χ1) is 12.5. The van der Waals surface area contributed by atoms with Gasteiger partial charge in [-0.25, -0.2) is 14.5 Å². The molecule has 134 valence electrons. The summed E-state index contributed by atoms with van der Waals surface area (Å²) in [6.45, 7) is 4.03. The molecule has 1 aromatic carbocycles. The number of rotatable bonds is 5. The van der Waals surface area contributed by atoms with E-state index >= 15 is 0 Å². The summed E-state index contributed by atoms with van der Waals surface area (Å²) in [5.74, 6) is -0.435. The van der Waals surface area contributed by atoms with Crippen LogP contribution in [0.5, 0.6) is 5.75 Å². The molecule has 0 aliphatic heterocycles. The highest BCUT2D eigenvalue weighted by atomic mass is 16.5. The summed E-state index contributed by atoms with van der Waals surface area (Å²) in [5.41, 5.74) is 1.85. The molecule has 0 atom stereocenters. The summed E-state index contributed by atoms with van der Waals surface area (Å²) in [4.78, 5) is 27.9. The van der Waals surface area contributed by atoms with Gasteiger partial charge in [-0.05, 0) is 37.6 Å². The first-order valence-electron chi connectivity index (χ1n) is 8.19. The fourth-order valence-electron chi connectivity index (χ4n) is 2.51. The van der Waals surface area contributed by atoms with Crippen molar-refractivity contribution in [1.29, 1.82) is 0 Å². The van der Waals surface area contributed by atoms with Crippen molar-refractivity contribution in [3.63, 3.8) is 0 Å². The summed E-state index contributed by atoms with van der Waals surface area (Å²) in [7, 11) is 1.34. The lowest BCUT2D eigenvalue weighted by Gasteiger charge is -2.07. The van der Waals surface area contributed by atoms with Gasteiger partial charge in [-0.3, -0.25) is 4.79 Å². The lowest BCUT2D eigenvalue weighted by atomic mass is 10.1. The van der Waals surface area contributed by atoms with E-state index in [2.05, 4.69) is 14.8 Å². The van der Waals surface area contributed by atoms with Crippen LogP contribution in [-0.2, 0) is 16.0 Å². The molecule has 0 saturated heterocycles. The van der Waals surface area contributed by atoms with Gasteiger partial charge in [0.25, 0.3) is 0 Å². The zero-order chi connectivity index (χ0) is 18.7. The van der Waals surface area contributed by atoms with Gasteiger partial charge in [0.1, 0.15) is 5.75 Å². The van der Waals surface area contributed by atoms with E-state index in [-0.39, 0.29) is 18.4 Å². The van der Waals surface area contributed by atoms with Gasteiger partial charge in [0, 0.05) is 17.6 Å². The van der Waals surface area contributed by atoms with Gasteiger partial charge in [-0.15, -0.1) is 0 Å². The predicted molar refractivity (Wildman–Crippen MR) is 95.0 cm³/mol. The van der Waals surface area contributed by atoms with E-state index in [1.165, 1.54) is 13.3 Å². The fraction of sp³-hybridized carbons (Fsp3) is 0.263. The van der Waals surface area contributed by atoms with Crippen molar-refractivity contribution in [1.82, 2.24) is 14.8 Å². The van der Waals surface area contributed by atoms with Crippen LogP contribution in [0.1, 0.15) is 35.8 Å². The van der Waals surface area contributed by atoms with Crippen LogP contribution in [0.4, 0.5) is 0 Å². The van der Waals surface area contributed by atoms with Gasteiger partial charge in [0.2, 0.25) is 0 Å². The standard InChI is InChI=1S/C19H19N3O4/c1-12(2)22-18-14(11-21-22)9-15(10-20-18)19(24)26-16-6-4-13(5-7-16)8-17(23)25-3/h4-7,9-12H,8H2,1-3H3. The number of esters is 2. The van der Waals surface area contributed by atoms with Crippen molar-refractivity contribution >= 4 is 23.0 Å². The zero-order valence-electron chi connectivity index (χ0n) is 14.8. The third-order valence-corrected chi connectivity index (χ3v) is 3.87. The predicted octanol–water partition coefficient (Wildman–Crippen LogP) is 2.95. The maximum Gasteiger partial charge on any atom is 0.345 e. The lowest BCUT2D eigenvalue weighted by Crippen LogP contribution is -2.10. The average Bonchev–Trinajstić information content (AvgIpc) is 3.06. The van der Waals surface area contributed by atoms with E-state index in [1.54, 1.807) is 41.2 Å². The molecule has 0 unspecified atom stereocenters. The number of fused-ring (bicyclic) bond motifs is 1. The quantitative estimate of drug-likeness (QED) is 0.518. The Balaban J connectivity index is 1.73. The Kier molecular flexibility index (Phi) is 4.97. The average molecular weight is 353 g/mol. The first-order valence-corrected chi connectivity index (χ1v) is 8.19. The van der Waals surface area contributed by atoms with Crippen molar-refractivity contribution < 1.29 is 19.1 Å². The van der Waals surface area contributed by atoms with Crippen molar-refractivity contribution in [2.45, 2.75) is 26.3 Å². The smallest absolute Gasteiger partial charge is 0.345 e. The van der Waals surface area contributed by atoms with E-state index in [9.17, 15) is 9.59 Å². The SMILES string of the molecule is COC(=O)Cc1ccc(OC(=O)c2cnc3c(cnn3C(C)C)c2)cc1. The number of hydrogen-bond acceptors (Lipinski definition) is 6. The van der Waals surface area contributed by atoms with Crippen LogP contribution < -0.4 is 4.74 Å². The monoisotopic (exact) mass is 353 g/mol. The second-order valence-corrected chi connectivity index (χ2v) is 6.11. The number of methoxy groups -OCH3 is 1. The van der Waals surface area contributed by atoms with Crippen molar-refractivity contribution in [2.75, 3.05) is 7.11 Å². The third kappa shape index (κ3) is 3.72. The zero-order valence-corrected chi connectivity index (χ0v) is 14.8. The Morgan fingerprint density at radius 3 is 2.54 bits per heavy atom. The number of aromatic nitrogens is 3. The minimum absolute atomic E-state index is 0.172. The molecule has 0 saturated carbocycles. The van der Waals surface area contributed by atoms with Crippen LogP contribution in [0, 0.1) is 0 Å². The highest BCUT2D eigenvalue weighted by Crippen LogP contribution is 2.19. The Bertz CT molecular complexity index is 945. The maximum atomic E-state index is 12.3. The molecule has 7 heteroatoms. The highest BCUT2D eigenvalue weighted by molar-refractivity contribution is 5.94. The molecule has 3 aromatic rings. The lowest BCUT2D eigenvalue weighted by molar-refractivity contribution is -0.139. The second kappa shape index (κ2) is 7.35. The molecule has 0 radical (unpaired) electrons. The topological polar surface area (TPSA) is 83.3 Å². The Morgan fingerprint density at radius 1 is 1.15 bits per heavy atom. The van der Waals surface area contributed by atoms with Gasteiger partial charge >= 0.3 is 11.9 Å². The van der Waals surface area contributed by atoms with E-state index < -0.39 is 5.97 Å². The summed E-state index contributed by atoms with van der Waals surface area (Å²) < 4.78 is 11.8. The van der Waals surface area contributed by atoms with E-state index in [0.717, 1.165) is 16.6 Å². The Hall–Kier alpha value is -3.22. The molecule has 26 heavy (non-hydrogen) atoms. The molecule has 0 N–H and O–H groups in total. The molecule has 7 nitrogen and oxygen atoms in total. The summed E-state index contributed by atoms with van der Waals surface area (Å²) >= 11 is 0. The number of nitrogens with zero attached hydrogens (tertiary/aromatic N) is 3. The number of carbonyl (C=O) groups excluding carboxylic acids is 2. The van der Waals surface area contributed by atoms with Gasteiger partial charge in [-0.2, -0.15) is 5.10 Å². The number of ether oxygens (including phenoxy) is 2. The van der Waals surface area contributed by atoms with Crippen LogP contribution >= 0.6 is 0 Å². The fourth-order valence-corrected chi connectivity index (χ4v) is 2.51. The molecule has 0 fully saturated rings. The minimum atomic E-state index is -0.502. The van der Waals surface area contributed by atoms with Crippen molar-refractivity contribution in [3.05, 3.63) is 53.9 Å². The number of pyridine rings is 1. The summed E-state index contributed by atoms with van der Waals surface area (Å²) in [5, 5.41) is 5.06. The second-order valence-electron chi connectivity index (χ2n) is 6.11. The van der Waals surface area contributed by atoms with Gasteiger partial charge in [0.15, 0.2) is 5.65 Å². The van der Waals surface area contributed by atoms with E-state index in [0.29, 0.717) is 11.3 Å². The Morgan fingerprint density at radius 2 is 1.88 bits per heavy atom. The molecule has 2 aromatic heterocycles. The van der Waals surface area contributed by atoms with Gasteiger partial charge in [0.05, 0.1) is 25.3 Å². The van der Waals surface area contributed by atoms with Gasteiger partial charge in [-0.1, -0.05) is 12.1 Å². The Labute approximate surface area is 150 Å². The molecular weight excluding hydrogens is 334 g/mol. The molecule has 0 spiro atoms. The molecule has 0 amide bonds. The van der Waals surface area contributed by atoms with Crippen LogP contribution in [-0.4, -0.2) is 33.8 Å². The highest BCUT2D eigenvalue weighted by Gasteiger charge is 2.14. The summed E-state index contributed by atoms with van der Waals surface area (Å²) in [6.07, 6.45) is 3.34. The molecule has 0 aliphatic carbocycles. The largest absolute Gasteiger partial charge is 0.469 e. The molecule has 2 heterocycles.